The largest absolute Gasteiger partial charge is 0.444 e. The summed E-state index contributed by atoms with van der Waals surface area (Å²) in [5, 5.41) is 1.09. The van der Waals surface area contributed by atoms with Crippen LogP contribution in [0.3, 0.4) is 0 Å². The highest BCUT2D eigenvalue weighted by Gasteiger charge is 2.08. The Morgan fingerprint density at radius 1 is 1.40 bits per heavy atom. The van der Waals surface area contributed by atoms with Gasteiger partial charge < -0.3 is 4.74 Å². The highest BCUT2D eigenvalue weighted by molar-refractivity contribution is 5.66. The van der Waals surface area contributed by atoms with Gasteiger partial charge in [-0.05, 0) is 12.0 Å². The number of ether oxygens (including phenoxy) is 1. The van der Waals surface area contributed by atoms with Gasteiger partial charge >= 0.3 is 6.09 Å². The molecule has 0 bridgehead atoms. The van der Waals surface area contributed by atoms with Crippen molar-refractivity contribution in [3.8, 4) is 0 Å². The number of carbonyl (C=O) groups is 1. The predicted molar refractivity (Wildman–Crippen MR) is 57.8 cm³/mol. The van der Waals surface area contributed by atoms with Crippen LogP contribution in [0.15, 0.2) is 30.3 Å². The quantitative estimate of drug-likeness (QED) is 0.467. The van der Waals surface area contributed by atoms with Crippen LogP contribution in [0.4, 0.5) is 4.79 Å². The standard InChI is InChI=1S/C11H16N2O2/c1-2-8-13(12)11(14)15-9-10-6-4-3-5-7-10/h3-7H,2,8-9,12H2,1H3. The topological polar surface area (TPSA) is 55.6 Å². The molecule has 0 saturated carbocycles. The van der Waals surface area contributed by atoms with Gasteiger partial charge in [-0.2, -0.15) is 0 Å². The molecule has 15 heavy (non-hydrogen) atoms. The van der Waals surface area contributed by atoms with E-state index in [1.54, 1.807) is 0 Å². The zero-order valence-electron chi connectivity index (χ0n) is 8.85. The normalized spacial score (nSPS) is 9.73. The summed E-state index contributed by atoms with van der Waals surface area (Å²) in [7, 11) is 0. The van der Waals surface area contributed by atoms with Gasteiger partial charge in [0.2, 0.25) is 0 Å². The summed E-state index contributed by atoms with van der Waals surface area (Å²) in [4.78, 5) is 11.3. The van der Waals surface area contributed by atoms with Crippen molar-refractivity contribution in [3.63, 3.8) is 0 Å². The Morgan fingerprint density at radius 2 is 2.07 bits per heavy atom. The van der Waals surface area contributed by atoms with Gasteiger partial charge in [0.1, 0.15) is 6.61 Å². The second-order valence-corrected chi connectivity index (χ2v) is 3.23. The van der Waals surface area contributed by atoms with Crippen molar-refractivity contribution in [1.82, 2.24) is 5.01 Å². The van der Waals surface area contributed by atoms with E-state index in [0.29, 0.717) is 6.54 Å². The van der Waals surface area contributed by atoms with E-state index < -0.39 is 6.09 Å². The number of hydrogen-bond acceptors (Lipinski definition) is 3. The molecule has 4 nitrogen and oxygen atoms in total. The maximum Gasteiger partial charge on any atom is 0.424 e. The molecule has 0 spiro atoms. The van der Waals surface area contributed by atoms with Crippen LogP contribution in [0.25, 0.3) is 0 Å². The lowest BCUT2D eigenvalue weighted by Crippen LogP contribution is -2.38. The molecule has 0 unspecified atom stereocenters. The summed E-state index contributed by atoms with van der Waals surface area (Å²) >= 11 is 0. The minimum absolute atomic E-state index is 0.261. The summed E-state index contributed by atoms with van der Waals surface area (Å²) < 4.78 is 5.00. The van der Waals surface area contributed by atoms with Crippen molar-refractivity contribution in [2.24, 2.45) is 5.84 Å². The zero-order valence-corrected chi connectivity index (χ0v) is 8.85. The zero-order chi connectivity index (χ0) is 11.1. The maximum absolute atomic E-state index is 11.3. The lowest BCUT2D eigenvalue weighted by molar-refractivity contribution is 0.0963. The van der Waals surface area contributed by atoms with Crippen molar-refractivity contribution < 1.29 is 9.53 Å². The molecule has 1 aromatic rings. The predicted octanol–water partition coefficient (Wildman–Crippen LogP) is 1.91. The molecule has 0 aromatic heterocycles. The summed E-state index contributed by atoms with van der Waals surface area (Å²) in [6.07, 6.45) is 0.331. The van der Waals surface area contributed by atoms with E-state index in [4.69, 9.17) is 10.6 Å². The van der Waals surface area contributed by atoms with Gasteiger partial charge in [-0.3, -0.25) is 0 Å². The van der Waals surface area contributed by atoms with E-state index in [1.165, 1.54) is 0 Å². The number of amides is 1. The smallest absolute Gasteiger partial charge is 0.424 e. The highest BCUT2D eigenvalue weighted by atomic mass is 16.6. The maximum atomic E-state index is 11.3. The number of carbonyl (C=O) groups excluding carboxylic acids is 1. The Kier molecular flexibility index (Phi) is 4.63. The van der Waals surface area contributed by atoms with E-state index in [1.807, 2.05) is 37.3 Å². The number of hydrazine groups is 1. The molecule has 82 valence electrons. The van der Waals surface area contributed by atoms with E-state index >= 15 is 0 Å². The highest BCUT2D eigenvalue weighted by Crippen LogP contribution is 2.01. The van der Waals surface area contributed by atoms with Crippen LogP contribution in [-0.2, 0) is 11.3 Å². The Bertz CT molecular complexity index is 301. The second-order valence-electron chi connectivity index (χ2n) is 3.23. The van der Waals surface area contributed by atoms with Crippen LogP contribution in [0.2, 0.25) is 0 Å². The summed E-state index contributed by atoms with van der Waals surface area (Å²) in [5.41, 5.74) is 0.954. The molecule has 1 rings (SSSR count). The van der Waals surface area contributed by atoms with Crippen LogP contribution in [-0.4, -0.2) is 17.6 Å². The fraction of sp³-hybridized carbons (Fsp3) is 0.364. The number of nitrogens with zero attached hydrogens (tertiary/aromatic N) is 1. The Hall–Kier alpha value is -1.55. The van der Waals surface area contributed by atoms with Crippen LogP contribution in [0.5, 0.6) is 0 Å². The molecule has 0 atom stereocenters. The molecule has 2 N–H and O–H groups in total. The van der Waals surface area contributed by atoms with E-state index in [-0.39, 0.29) is 6.61 Å². The van der Waals surface area contributed by atoms with Crippen molar-refractivity contribution in [3.05, 3.63) is 35.9 Å². The molecule has 0 radical (unpaired) electrons. The van der Waals surface area contributed by atoms with Crippen molar-refractivity contribution in [2.45, 2.75) is 20.0 Å². The molecule has 0 aliphatic heterocycles. The summed E-state index contributed by atoms with van der Waals surface area (Å²) in [6.45, 7) is 2.72. The molecular weight excluding hydrogens is 192 g/mol. The van der Waals surface area contributed by atoms with Gasteiger partial charge in [-0.15, -0.1) is 0 Å². The van der Waals surface area contributed by atoms with Gasteiger partial charge in [0, 0.05) is 6.54 Å². The molecule has 0 aliphatic carbocycles. The fourth-order valence-corrected chi connectivity index (χ4v) is 1.13. The SMILES string of the molecule is CCCN(N)C(=O)OCc1ccccc1. The first-order chi connectivity index (χ1) is 7.24. The number of nitrogens with two attached hydrogens (primary N) is 1. The molecule has 1 aromatic carbocycles. The van der Waals surface area contributed by atoms with Crippen LogP contribution in [0.1, 0.15) is 18.9 Å². The van der Waals surface area contributed by atoms with Gasteiger partial charge in [-0.1, -0.05) is 37.3 Å². The summed E-state index contributed by atoms with van der Waals surface area (Å²) in [6, 6.07) is 9.50. The summed E-state index contributed by atoms with van der Waals surface area (Å²) in [5.74, 6) is 5.45. The Morgan fingerprint density at radius 3 is 2.67 bits per heavy atom. The van der Waals surface area contributed by atoms with Crippen LogP contribution >= 0.6 is 0 Å². The van der Waals surface area contributed by atoms with Gasteiger partial charge in [0.05, 0.1) is 0 Å². The molecule has 0 saturated heterocycles. The molecule has 0 aliphatic rings. The fourth-order valence-electron chi connectivity index (χ4n) is 1.13. The first kappa shape index (κ1) is 11.5. The van der Waals surface area contributed by atoms with Crippen molar-refractivity contribution in [1.29, 1.82) is 0 Å². The van der Waals surface area contributed by atoms with Gasteiger partial charge in [0.15, 0.2) is 0 Å². The molecular formula is C11H16N2O2. The lowest BCUT2D eigenvalue weighted by Gasteiger charge is -2.15. The van der Waals surface area contributed by atoms with E-state index in [9.17, 15) is 4.79 Å². The third kappa shape index (κ3) is 3.99. The average Bonchev–Trinajstić information content (AvgIpc) is 2.27. The third-order valence-corrected chi connectivity index (χ3v) is 1.90. The number of benzene rings is 1. The molecule has 1 amide bonds. The number of rotatable bonds is 4. The minimum atomic E-state index is -0.485. The third-order valence-electron chi connectivity index (χ3n) is 1.90. The van der Waals surface area contributed by atoms with Gasteiger partial charge in [0.25, 0.3) is 0 Å². The van der Waals surface area contributed by atoms with Crippen molar-refractivity contribution in [2.75, 3.05) is 6.54 Å². The van der Waals surface area contributed by atoms with Gasteiger partial charge in [-0.25, -0.2) is 15.6 Å². The van der Waals surface area contributed by atoms with Crippen molar-refractivity contribution >= 4 is 6.09 Å². The number of hydrogen-bond donors (Lipinski definition) is 1. The lowest BCUT2D eigenvalue weighted by atomic mass is 10.2. The van der Waals surface area contributed by atoms with Crippen LogP contribution in [0, 0.1) is 0 Å². The monoisotopic (exact) mass is 208 g/mol. The Labute approximate surface area is 89.6 Å². The van der Waals surface area contributed by atoms with E-state index in [0.717, 1.165) is 17.0 Å². The molecule has 0 heterocycles. The minimum Gasteiger partial charge on any atom is -0.444 e. The molecule has 0 fully saturated rings. The Balaban J connectivity index is 2.34. The molecule has 4 heteroatoms. The van der Waals surface area contributed by atoms with Crippen LogP contribution < -0.4 is 5.84 Å². The van der Waals surface area contributed by atoms with E-state index in [2.05, 4.69) is 0 Å². The first-order valence-corrected chi connectivity index (χ1v) is 4.97. The average molecular weight is 208 g/mol. The second kappa shape index (κ2) is 6.03. The first-order valence-electron chi connectivity index (χ1n) is 4.97.